The molecule has 110 valence electrons. The molecule has 2 aliphatic rings. The van der Waals surface area contributed by atoms with E-state index in [9.17, 15) is 0 Å². The van der Waals surface area contributed by atoms with Crippen LogP contribution in [0, 0.1) is 5.92 Å². The SMILES string of the molecule is CC(C)[C@H](N[C@@H]1C[C@H](C)N(C2CC2)C1)c1ccccc1. The lowest BCUT2D eigenvalue weighted by Gasteiger charge is -2.27. The van der Waals surface area contributed by atoms with E-state index in [4.69, 9.17) is 0 Å². The van der Waals surface area contributed by atoms with Crippen LogP contribution in [0.5, 0.6) is 0 Å². The molecule has 3 atom stereocenters. The average Bonchev–Trinajstić information content (AvgIpc) is 3.21. The van der Waals surface area contributed by atoms with Crippen LogP contribution < -0.4 is 5.32 Å². The Balaban J connectivity index is 1.65. The first-order valence-electron chi connectivity index (χ1n) is 8.22. The molecule has 1 aromatic carbocycles. The second-order valence-corrected chi connectivity index (χ2v) is 7.01. The van der Waals surface area contributed by atoms with Crippen molar-refractivity contribution in [3.8, 4) is 0 Å². The Labute approximate surface area is 123 Å². The number of likely N-dealkylation sites (tertiary alicyclic amines) is 1. The van der Waals surface area contributed by atoms with Gasteiger partial charge in [0.2, 0.25) is 0 Å². The van der Waals surface area contributed by atoms with Gasteiger partial charge in [0.15, 0.2) is 0 Å². The van der Waals surface area contributed by atoms with E-state index in [1.54, 1.807) is 0 Å². The third-order valence-electron chi connectivity index (χ3n) is 4.88. The van der Waals surface area contributed by atoms with Gasteiger partial charge in [0.25, 0.3) is 0 Å². The molecule has 0 unspecified atom stereocenters. The van der Waals surface area contributed by atoms with Crippen molar-refractivity contribution in [2.24, 2.45) is 5.92 Å². The number of hydrogen-bond acceptors (Lipinski definition) is 2. The fourth-order valence-corrected chi connectivity index (χ4v) is 3.68. The molecule has 2 fully saturated rings. The van der Waals surface area contributed by atoms with Crippen molar-refractivity contribution in [1.29, 1.82) is 0 Å². The third-order valence-corrected chi connectivity index (χ3v) is 4.88. The third kappa shape index (κ3) is 3.07. The summed E-state index contributed by atoms with van der Waals surface area (Å²) in [7, 11) is 0. The van der Waals surface area contributed by atoms with Crippen molar-refractivity contribution >= 4 is 0 Å². The summed E-state index contributed by atoms with van der Waals surface area (Å²) < 4.78 is 0. The number of rotatable bonds is 5. The molecule has 0 radical (unpaired) electrons. The molecular weight excluding hydrogens is 244 g/mol. The first-order valence-corrected chi connectivity index (χ1v) is 8.22. The first kappa shape index (κ1) is 14.1. The summed E-state index contributed by atoms with van der Waals surface area (Å²) in [6.45, 7) is 8.28. The van der Waals surface area contributed by atoms with Crippen LogP contribution in [0.25, 0.3) is 0 Å². The lowest BCUT2D eigenvalue weighted by atomic mass is 9.95. The number of benzene rings is 1. The molecule has 1 heterocycles. The average molecular weight is 272 g/mol. The smallest absolute Gasteiger partial charge is 0.0346 e. The molecule has 2 heteroatoms. The summed E-state index contributed by atoms with van der Waals surface area (Å²) in [6.07, 6.45) is 4.14. The van der Waals surface area contributed by atoms with Crippen LogP contribution in [0.1, 0.15) is 51.6 Å². The summed E-state index contributed by atoms with van der Waals surface area (Å²) in [5.74, 6) is 0.627. The summed E-state index contributed by atoms with van der Waals surface area (Å²) in [5.41, 5.74) is 1.43. The van der Waals surface area contributed by atoms with E-state index in [1.807, 2.05) is 0 Å². The van der Waals surface area contributed by atoms with Gasteiger partial charge in [-0.3, -0.25) is 4.90 Å². The molecule has 1 saturated carbocycles. The molecule has 0 aromatic heterocycles. The molecule has 3 rings (SSSR count). The predicted octanol–water partition coefficient (Wildman–Crippen LogP) is 3.60. The molecule has 0 amide bonds. The van der Waals surface area contributed by atoms with E-state index in [0.29, 0.717) is 18.0 Å². The molecular formula is C18H28N2. The molecule has 1 aromatic rings. The zero-order chi connectivity index (χ0) is 14.1. The number of nitrogens with zero attached hydrogens (tertiary/aromatic N) is 1. The molecule has 0 spiro atoms. The normalized spacial score (nSPS) is 29.0. The fraction of sp³-hybridized carbons (Fsp3) is 0.667. The Hall–Kier alpha value is -0.860. The number of nitrogens with one attached hydrogen (secondary N) is 1. The van der Waals surface area contributed by atoms with Gasteiger partial charge in [-0.1, -0.05) is 44.2 Å². The van der Waals surface area contributed by atoms with Crippen molar-refractivity contribution in [3.63, 3.8) is 0 Å². The molecule has 0 bridgehead atoms. The fourth-order valence-electron chi connectivity index (χ4n) is 3.68. The maximum Gasteiger partial charge on any atom is 0.0346 e. The maximum absolute atomic E-state index is 3.93. The standard InChI is InChI=1S/C18H28N2/c1-13(2)18(15-7-5-4-6-8-15)19-16-11-14(3)20(12-16)17-9-10-17/h4-8,13-14,16-19H,9-12H2,1-3H3/t14-,16+,18-/m0/s1. The Kier molecular flexibility index (Phi) is 4.13. The van der Waals surface area contributed by atoms with Crippen LogP contribution in [-0.2, 0) is 0 Å². The highest BCUT2D eigenvalue weighted by Gasteiger charge is 2.39. The van der Waals surface area contributed by atoms with E-state index in [1.165, 1.54) is 31.4 Å². The predicted molar refractivity (Wildman–Crippen MR) is 84.8 cm³/mol. The Morgan fingerprint density at radius 1 is 1.15 bits per heavy atom. The van der Waals surface area contributed by atoms with Gasteiger partial charge in [0.1, 0.15) is 0 Å². The van der Waals surface area contributed by atoms with Crippen LogP contribution in [0.4, 0.5) is 0 Å². The van der Waals surface area contributed by atoms with E-state index in [-0.39, 0.29) is 0 Å². The van der Waals surface area contributed by atoms with E-state index in [0.717, 1.165) is 12.1 Å². The highest BCUT2D eigenvalue weighted by Crippen LogP contribution is 2.34. The second kappa shape index (κ2) is 5.87. The highest BCUT2D eigenvalue weighted by atomic mass is 15.3. The summed E-state index contributed by atoms with van der Waals surface area (Å²) in [5, 5.41) is 3.93. The monoisotopic (exact) mass is 272 g/mol. The molecule has 20 heavy (non-hydrogen) atoms. The van der Waals surface area contributed by atoms with Crippen molar-refractivity contribution in [1.82, 2.24) is 10.2 Å². The minimum atomic E-state index is 0.479. The van der Waals surface area contributed by atoms with Gasteiger partial charge >= 0.3 is 0 Å². The Bertz CT molecular complexity index is 424. The van der Waals surface area contributed by atoms with E-state index in [2.05, 4.69) is 61.3 Å². The summed E-state index contributed by atoms with van der Waals surface area (Å²) >= 11 is 0. The van der Waals surface area contributed by atoms with Gasteiger partial charge in [0.05, 0.1) is 0 Å². The minimum Gasteiger partial charge on any atom is -0.306 e. The summed E-state index contributed by atoms with van der Waals surface area (Å²) in [6, 6.07) is 13.7. The van der Waals surface area contributed by atoms with Crippen LogP contribution in [0.15, 0.2) is 30.3 Å². The van der Waals surface area contributed by atoms with Gasteiger partial charge in [0, 0.05) is 30.7 Å². The zero-order valence-corrected chi connectivity index (χ0v) is 13.0. The van der Waals surface area contributed by atoms with Gasteiger partial charge in [-0.25, -0.2) is 0 Å². The highest BCUT2D eigenvalue weighted by molar-refractivity contribution is 5.19. The van der Waals surface area contributed by atoms with Crippen molar-refractivity contribution < 1.29 is 0 Å². The largest absolute Gasteiger partial charge is 0.306 e. The van der Waals surface area contributed by atoms with Crippen molar-refractivity contribution in [2.45, 2.75) is 64.2 Å². The van der Waals surface area contributed by atoms with E-state index >= 15 is 0 Å². The van der Waals surface area contributed by atoms with Gasteiger partial charge in [-0.15, -0.1) is 0 Å². The lowest BCUT2D eigenvalue weighted by molar-refractivity contribution is 0.252. The van der Waals surface area contributed by atoms with Crippen LogP contribution in [0.3, 0.4) is 0 Å². The minimum absolute atomic E-state index is 0.479. The van der Waals surface area contributed by atoms with Crippen LogP contribution in [0.2, 0.25) is 0 Å². The van der Waals surface area contributed by atoms with Crippen LogP contribution >= 0.6 is 0 Å². The molecule has 2 nitrogen and oxygen atoms in total. The van der Waals surface area contributed by atoms with Gasteiger partial charge in [-0.05, 0) is 37.7 Å². The Morgan fingerprint density at radius 2 is 1.85 bits per heavy atom. The molecule has 1 saturated heterocycles. The molecule has 1 aliphatic carbocycles. The summed E-state index contributed by atoms with van der Waals surface area (Å²) in [4.78, 5) is 2.72. The zero-order valence-electron chi connectivity index (χ0n) is 13.0. The lowest BCUT2D eigenvalue weighted by Crippen LogP contribution is -2.38. The maximum atomic E-state index is 3.93. The van der Waals surface area contributed by atoms with E-state index < -0.39 is 0 Å². The van der Waals surface area contributed by atoms with Gasteiger partial charge < -0.3 is 5.32 Å². The first-order chi connectivity index (χ1) is 9.65. The molecule has 1 aliphatic heterocycles. The van der Waals surface area contributed by atoms with Crippen LogP contribution in [-0.4, -0.2) is 29.6 Å². The second-order valence-electron chi connectivity index (χ2n) is 7.01. The topological polar surface area (TPSA) is 15.3 Å². The Morgan fingerprint density at radius 3 is 2.45 bits per heavy atom. The number of hydrogen-bond donors (Lipinski definition) is 1. The van der Waals surface area contributed by atoms with Gasteiger partial charge in [-0.2, -0.15) is 0 Å². The molecule has 1 N–H and O–H groups in total. The van der Waals surface area contributed by atoms with Crippen molar-refractivity contribution in [2.75, 3.05) is 6.54 Å². The quantitative estimate of drug-likeness (QED) is 0.881. The van der Waals surface area contributed by atoms with Crippen molar-refractivity contribution in [3.05, 3.63) is 35.9 Å².